The summed E-state index contributed by atoms with van der Waals surface area (Å²) < 4.78 is 28.6. The van der Waals surface area contributed by atoms with Gasteiger partial charge in [-0.2, -0.15) is 4.31 Å². The number of anilines is 1. The second-order valence-corrected chi connectivity index (χ2v) is 13.6. The summed E-state index contributed by atoms with van der Waals surface area (Å²) in [5.41, 5.74) is 3.36. The number of carbonyl (C=O) groups is 3. The maximum atomic E-state index is 13.7. The van der Waals surface area contributed by atoms with Crippen LogP contribution >= 0.6 is 0 Å². The Hall–Kier alpha value is -4.86. The summed E-state index contributed by atoms with van der Waals surface area (Å²) in [6.07, 6.45) is 0. The number of hydrazine groups is 1. The number of benzene rings is 3. The van der Waals surface area contributed by atoms with Gasteiger partial charge in [-0.25, -0.2) is 13.4 Å². The molecule has 0 bridgehead atoms. The van der Waals surface area contributed by atoms with Crippen LogP contribution in [0.5, 0.6) is 0 Å². The SMILES string of the molecule is CNC(=O)c1ccc(C)c(NCC(=O)N(CCN(C(C)C)S(=O)(=O)c2ccccc2[N+](=O)[O-])CC(=O)N(C)N2Cc3ccccc3C2)c1. The minimum Gasteiger partial charge on any atom is -0.376 e. The number of hydrogen-bond donors (Lipinski definition) is 2. The Bertz CT molecular complexity index is 1770. The molecule has 14 nitrogen and oxygen atoms in total. The number of hydrogen-bond acceptors (Lipinski definition) is 9. The van der Waals surface area contributed by atoms with E-state index >= 15 is 0 Å². The van der Waals surface area contributed by atoms with Crippen LogP contribution in [0.15, 0.2) is 71.6 Å². The minimum atomic E-state index is -4.37. The quantitative estimate of drug-likeness (QED) is 0.193. The Morgan fingerprint density at radius 2 is 1.58 bits per heavy atom. The van der Waals surface area contributed by atoms with Crippen molar-refractivity contribution in [1.82, 2.24) is 24.5 Å². The van der Waals surface area contributed by atoms with Crippen molar-refractivity contribution in [1.29, 1.82) is 0 Å². The molecule has 0 saturated carbocycles. The first-order chi connectivity index (χ1) is 22.7. The highest BCUT2D eigenvalue weighted by atomic mass is 32.2. The lowest BCUT2D eigenvalue weighted by Crippen LogP contribution is -2.50. The number of nitrogens with zero attached hydrogens (tertiary/aromatic N) is 5. The number of aryl methyl sites for hydroxylation is 1. The molecule has 0 fully saturated rings. The minimum absolute atomic E-state index is 0.171. The van der Waals surface area contributed by atoms with E-state index in [2.05, 4.69) is 10.6 Å². The zero-order chi connectivity index (χ0) is 35.2. The number of nitrogens with one attached hydrogen (secondary N) is 2. The van der Waals surface area contributed by atoms with E-state index in [4.69, 9.17) is 0 Å². The van der Waals surface area contributed by atoms with Crippen molar-refractivity contribution in [2.24, 2.45) is 0 Å². The number of fused-ring (bicyclic) bond motifs is 1. The Morgan fingerprint density at radius 3 is 2.19 bits per heavy atom. The van der Waals surface area contributed by atoms with Gasteiger partial charge < -0.3 is 15.5 Å². The summed E-state index contributed by atoms with van der Waals surface area (Å²) in [7, 11) is -1.22. The summed E-state index contributed by atoms with van der Waals surface area (Å²) >= 11 is 0. The van der Waals surface area contributed by atoms with E-state index in [0.29, 0.717) is 24.3 Å². The number of nitro benzene ring substituents is 1. The number of likely N-dealkylation sites (N-methyl/N-ethyl adjacent to an activating group) is 1. The molecule has 256 valence electrons. The maximum absolute atomic E-state index is 13.7. The van der Waals surface area contributed by atoms with Gasteiger partial charge in [-0.15, -0.1) is 0 Å². The van der Waals surface area contributed by atoms with Gasteiger partial charge in [0.1, 0.15) is 6.54 Å². The fourth-order valence-corrected chi connectivity index (χ4v) is 7.24. The average Bonchev–Trinajstić information content (AvgIpc) is 3.50. The molecule has 0 aliphatic carbocycles. The monoisotopic (exact) mass is 679 g/mol. The molecule has 0 unspecified atom stereocenters. The Balaban J connectivity index is 1.57. The van der Waals surface area contributed by atoms with Crippen LogP contribution in [0, 0.1) is 17.0 Å². The molecule has 3 aromatic rings. The van der Waals surface area contributed by atoms with Crippen LogP contribution in [0.3, 0.4) is 0 Å². The summed E-state index contributed by atoms with van der Waals surface area (Å²) in [6.45, 7) is 5.12. The summed E-state index contributed by atoms with van der Waals surface area (Å²) in [5.74, 6) is -1.16. The molecule has 1 aliphatic heterocycles. The van der Waals surface area contributed by atoms with Gasteiger partial charge in [0.2, 0.25) is 15.9 Å². The standard InChI is InChI=1S/C33H41N7O7S/c1-23(2)39(48(46,47)30-13-9-8-12-29(30)40(44)45)17-16-37(22-32(42)36(5)38-20-26-10-6-7-11-27(26)21-38)31(41)19-35-28-18-25(33(43)34-4)15-14-24(28)3/h6-15,18,23,35H,16-17,19-22H2,1-5H3,(H,34,43). The van der Waals surface area contributed by atoms with Crippen LogP contribution in [0.1, 0.15) is 40.9 Å². The number of sulfonamides is 1. The van der Waals surface area contributed by atoms with E-state index in [1.54, 1.807) is 39.1 Å². The molecule has 1 heterocycles. The molecule has 2 N–H and O–H groups in total. The van der Waals surface area contributed by atoms with E-state index in [0.717, 1.165) is 27.1 Å². The number of para-hydroxylation sites is 1. The lowest BCUT2D eigenvalue weighted by atomic mass is 10.1. The first-order valence-electron chi connectivity index (χ1n) is 15.4. The predicted octanol–water partition coefficient (Wildman–Crippen LogP) is 2.99. The molecule has 48 heavy (non-hydrogen) atoms. The molecule has 0 atom stereocenters. The highest BCUT2D eigenvalue weighted by molar-refractivity contribution is 7.89. The molecular formula is C33H41N7O7S. The molecule has 3 amide bonds. The fraction of sp³-hybridized carbons (Fsp3) is 0.364. The molecule has 0 aromatic heterocycles. The Morgan fingerprint density at radius 1 is 0.958 bits per heavy atom. The molecular weight excluding hydrogens is 638 g/mol. The number of rotatable bonds is 14. The first-order valence-corrected chi connectivity index (χ1v) is 16.9. The zero-order valence-electron chi connectivity index (χ0n) is 27.7. The van der Waals surface area contributed by atoms with Gasteiger partial charge in [0.15, 0.2) is 4.90 Å². The van der Waals surface area contributed by atoms with Crippen LogP contribution in [0.25, 0.3) is 0 Å². The number of amides is 3. The summed E-state index contributed by atoms with van der Waals surface area (Å²) in [5, 5.41) is 20.6. The normalized spacial score (nSPS) is 12.9. The second kappa shape index (κ2) is 15.4. The van der Waals surface area contributed by atoms with E-state index < -0.39 is 37.5 Å². The molecule has 1 aliphatic rings. The molecule has 0 spiro atoms. The van der Waals surface area contributed by atoms with Crippen LogP contribution < -0.4 is 10.6 Å². The predicted molar refractivity (Wildman–Crippen MR) is 180 cm³/mol. The van der Waals surface area contributed by atoms with E-state index in [1.165, 1.54) is 35.2 Å². The van der Waals surface area contributed by atoms with Crippen LogP contribution in [-0.4, -0.2) is 96.6 Å². The van der Waals surface area contributed by atoms with Gasteiger partial charge in [0, 0.05) is 63.6 Å². The first kappa shape index (κ1) is 36.0. The summed E-state index contributed by atoms with van der Waals surface area (Å²) in [4.78, 5) is 51.3. The highest BCUT2D eigenvalue weighted by Crippen LogP contribution is 2.28. The van der Waals surface area contributed by atoms with Gasteiger partial charge in [-0.3, -0.25) is 29.5 Å². The third-order valence-electron chi connectivity index (χ3n) is 8.26. The van der Waals surface area contributed by atoms with Crippen molar-refractivity contribution in [2.75, 3.05) is 45.6 Å². The van der Waals surface area contributed by atoms with Crippen molar-refractivity contribution in [3.8, 4) is 0 Å². The lowest BCUT2D eigenvalue weighted by molar-refractivity contribution is -0.387. The molecule has 15 heteroatoms. The third kappa shape index (κ3) is 8.16. The van der Waals surface area contributed by atoms with Crippen molar-refractivity contribution in [3.05, 3.63) is 99.1 Å². The van der Waals surface area contributed by atoms with Gasteiger partial charge >= 0.3 is 0 Å². The highest BCUT2D eigenvalue weighted by Gasteiger charge is 2.34. The van der Waals surface area contributed by atoms with Crippen LogP contribution in [0.2, 0.25) is 0 Å². The molecule has 0 saturated heterocycles. The fourth-order valence-electron chi connectivity index (χ4n) is 5.45. The topological polar surface area (TPSA) is 166 Å². The third-order valence-corrected chi connectivity index (χ3v) is 10.4. The zero-order valence-corrected chi connectivity index (χ0v) is 28.5. The Labute approximate surface area is 280 Å². The second-order valence-electron chi connectivity index (χ2n) is 11.7. The van der Waals surface area contributed by atoms with Crippen molar-refractivity contribution < 1.29 is 27.7 Å². The van der Waals surface area contributed by atoms with Gasteiger partial charge in [0.25, 0.3) is 17.5 Å². The van der Waals surface area contributed by atoms with Crippen LogP contribution in [0.4, 0.5) is 11.4 Å². The van der Waals surface area contributed by atoms with Crippen molar-refractivity contribution in [2.45, 2.75) is 44.8 Å². The smallest absolute Gasteiger partial charge is 0.289 e. The van der Waals surface area contributed by atoms with Gasteiger partial charge in [-0.05, 0) is 55.7 Å². The van der Waals surface area contributed by atoms with Crippen LogP contribution in [-0.2, 0) is 32.7 Å². The Kier molecular flexibility index (Phi) is 11.5. The molecule has 0 radical (unpaired) electrons. The maximum Gasteiger partial charge on any atom is 0.289 e. The average molecular weight is 680 g/mol. The van der Waals surface area contributed by atoms with Gasteiger partial charge in [0.05, 0.1) is 11.5 Å². The van der Waals surface area contributed by atoms with E-state index in [-0.39, 0.29) is 38.0 Å². The van der Waals surface area contributed by atoms with Crippen molar-refractivity contribution >= 4 is 39.1 Å². The molecule has 3 aromatic carbocycles. The number of nitro groups is 1. The van der Waals surface area contributed by atoms with Crippen molar-refractivity contribution in [3.63, 3.8) is 0 Å². The summed E-state index contributed by atoms with van der Waals surface area (Å²) in [6, 6.07) is 17.4. The van der Waals surface area contributed by atoms with E-state index in [1.807, 2.05) is 36.2 Å². The van der Waals surface area contributed by atoms with Gasteiger partial charge in [-0.1, -0.05) is 42.5 Å². The lowest BCUT2D eigenvalue weighted by Gasteiger charge is -2.32. The molecule has 4 rings (SSSR count). The largest absolute Gasteiger partial charge is 0.376 e. The number of carbonyl (C=O) groups excluding carboxylic acids is 3. The van der Waals surface area contributed by atoms with E-state index in [9.17, 15) is 32.9 Å².